The lowest BCUT2D eigenvalue weighted by molar-refractivity contribution is -0.137. The van der Waals surface area contributed by atoms with Crippen LogP contribution in [0.25, 0.3) is 11.0 Å². The van der Waals surface area contributed by atoms with Gasteiger partial charge in [0.1, 0.15) is 23.6 Å². The number of fused-ring (bicyclic) bond motifs is 1. The molecule has 0 radical (unpaired) electrons. The molecular formula is C26H30F3N5O3. The minimum absolute atomic E-state index is 0.0125. The van der Waals surface area contributed by atoms with Crippen molar-refractivity contribution in [2.24, 2.45) is 5.92 Å². The molecule has 2 saturated heterocycles. The number of aliphatic hydroxyl groups is 1. The highest BCUT2D eigenvalue weighted by atomic mass is 19.4. The van der Waals surface area contributed by atoms with Crippen LogP contribution in [0.2, 0.25) is 0 Å². The Hall–Kier alpha value is -3.02. The summed E-state index contributed by atoms with van der Waals surface area (Å²) < 4.78 is 47.7. The molecule has 2 aliphatic rings. The number of β-amino-alcohol motifs (C(OH)–C–C–N with tert-alkyl or cyclic N) is 1. The minimum Gasteiger partial charge on any atom is -0.391 e. The lowest BCUT2D eigenvalue weighted by atomic mass is 9.93. The number of carbonyl (C=O) groups excluding carboxylic acids is 1. The number of Topliss-reactive ketones (excluding diaryl/α,β-unsaturated/α-hetero) is 1. The Balaban J connectivity index is 1.40. The number of morpholine rings is 1. The highest BCUT2D eigenvalue weighted by Gasteiger charge is 2.34. The maximum Gasteiger partial charge on any atom is 0.416 e. The number of likely N-dealkylation sites (tertiary alicyclic amines) is 1. The van der Waals surface area contributed by atoms with Crippen LogP contribution in [0.4, 0.5) is 19.0 Å². The number of ketones is 1. The molecule has 198 valence electrons. The maximum atomic E-state index is 13.4. The molecule has 4 heterocycles. The van der Waals surface area contributed by atoms with Gasteiger partial charge in [0.2, 0.25) is 0 Å². The Kier molecular flexibility index (Phi) is 7.19. The Morgan fingerprint density at radius 1 is 1.22 bits per heavy atom. The summed E-state index contributed by atoms with van der Waals surface area (Å²) >= 11 is 0. The maximum absolute atomic E-state index is 13.4. The summed E-state index contributed by atoms with van der Waals surface area (Å²) in [5.74, 6) is 0.739. The van der Waals surface area contributed by atoms with Gasteiger partial charge >= 0.3 is 6.18 Å². The predicted octanol–water partition coefficient (Wildman–Crippen LogP) is 3.30. The third kappa shape index (κ3) is 5.48. The first-order chi connectivity index (χ1) is 17.7. The average molecular weight is 518 g/mol. The van der Waals surface area contributed by atoms with Gasteiger partial charge in [0.05, 0.1) is 42.9 Å². The molecule has 2 aromatic heterocycles. The van der Waals surface area contributed by atoms with Gasteiger partial charge in [-0.1, -0.05) is 12.1 Å². The number of alkyl halides is 3. The lowest BCUT2D eigenvalue weighted by Gasteiger charge is -2.37. The number of nitrogens with zero attached hydrogens (tertiary/aromatic N) is 5. The second kappa shape index (κ2) is 10.4. The lowest BCUT2D eigenvalue weighted by Crippen LogP contribution is -2.46. The normalized spacial score (nSPS) is 23.5. The molecule has 0 aliphatic carbocycles. The summed E-state index contributed by atoms with van der Waals surface area (Å²) in [6.07, 6.45) is -0.845. The molecule has 37 heavy (non-hydrogen) atoms. The van der Waals surface area contributed by atoms with Gasteiger partial charge in [-0.25, -0.2) is 9.97 Å². The molecule has 2 fully saturated rings. The number of hydrogen-bond acceptors (Lipinski definition) is 7. The fourth-order valence-corrected chi connectivity index (χ4v) is 5.39. The molecule has 0 saturated carbocycles. The number of rotatable bonds is 6. The fourth-order valence-electron chi connectivity index (χ4n) is 5.39. The largest absolute Gasteiger partial charge is 0.416 e. The van der Waals surface area contributed by atoms with Crippen molar-refractivity contribution in [1.82, 2.24) is 19.4 Å². The Morgan fingerprint density at radius 2 is 2.05 bits per heavy atom. The van der Waals surface area contributed by atoms with Crippen LogP contribution in [-0.2, 0) is 22.3 Å². The molecule has 1 aromatic carbocycles. The van der Waals surface area contributed by atoms with Gasteiger partial charge in [0.25, 0.3) is 0 Å². The Labute approximate surface area is 212 Å². The molecule has 5 rings (SSSR count). The molecule has 0 bridgehead atoms. The van der Waals surface area contributed by atoms with Gasteiger partial charge in [0.15, 0.2) is 0 Å². The minimum atomic E-state index is -4.43. The van der Waals surface area contributed by atoms with Crippen LogP contribution >= 0.6 is 0 Å². The number of ether oxygens (including phenoxy) is 1. The first kappa shape index (κ1) is 25.6. The van der Waals surface area contributed by atoms with Gasteiger partial charge in [-0.2, -0.15) is 13.2 Å². The number of aliphatic hydroxyl groups excluding tert-OH is 1. The van der Waals surface area contributed by atoms with E-state index in [0.29, 0.717) is 49.8 Å². The van der Waals surface area contributed by atoms with Crippen LogP contribution < -0.4 is 4.90 Å². The zero-order valence-corrected chi connectivity index (χ0v) is 20.6. The van der Waals surface area contributed by atoms with Crippen molar-refractivity contribution in [1.29, 1.82) is 0 Å². The number of aromatic nitrogens is 3. The second-order valence-electron chi connectivity index (χ2n) is 9.86. The molecule has 0 spiro atoms. The monoisotopic (exact) mass is 517 g/mol. The van der Waals surface area contributed by atoms with Gasteiger partial charge in [-0.15, -0.1) is 0 Å². The number of piperidine rings is 1. The van der Waals surface area contributed by atoms with Gasteiger partial charge < -0.3 is 19.3 Å². The van der Waals surface area contributed by atoms with Crippen molar-refractivity contribution in [2.45, 2.75) is 38.2 Å². The van der Waals surface area contributed by atoms with Gasteiger partial charge in [-0.3, -0.25) is 9.69 Å². The summed E-state index contributed by atoms with van der Waals surface area (Å²) in [7, 11) is 0. The smallest absolute Gasteiger partial charge is 0.391 e. The number of halogens is 3. The highest BCUT2D eigenvalue weighted by Crippen LogP contribution is 2.36. The molecule has 2 aliphatic heterocycles. The molecule has 3 unspecified atom stereocenters. The predicted molar refractivity (Wildman–Crippen MR) is 131 cm³/mol. The van der Waals surface area contributed by atoms with Crippen LogP contribution in [-0.4, -0.2) is 75.8 Å². The highest BCUT2D eigenvalue weighted by molar-refractivity contribution is 5.88. The Morgan fingerprint density at radius 3 is 2.81 bits per heavy atom. The summed E-state index contributed by atoms with van der Waals surface area (Å²) in [5.41, 5.74) is 0.529. The third-order valence-electron chi connectivity index (χ3n) is 7.22. The zero-order chi connectivity index (χ0) is 26.2. The fraction of sp³-hybridized carbons (Fsp3) is 0.500. The quantitative estimate of drug-likeness (QED) is 0.537. The molecule has 1 N–H and O–H groups in total. The molecule has 11 heteroatoms. The van der Waals surface area contributed by atoms with Crippen molar-refractivity contribution in [3.8, 4) is 0 Å². The Bertz CT molecular complexity index is 1260. The third-order valence-corrected chi connectivity index (χ3v) is 7.22. The molecular weight excluding hydrogens is 487 g/mol. The van der Waals surface area contributed by atoms with E-state index in [2.05, 4.69) is 9.97 Å². The SMILES string of the molecule is CC(=O)CN1CCC(Cn2ccc3c(N4CCOCC4c4cccc(C(F)(F)F)c4)ncnc32)C(O)C1. The standard InChI is InChI=1S/C26H30F3N5O3/c1-17(35)12-32-7-5-19(23(36)14-32)13-33-8-6-21-24(33)30-16-31-25(21)34-9-10-37-15-22(34)18-3-2-4-20(11-18)26(27,28)29/h2-4,6,8,11,16,19,22-23,36H,5,7,9-10,12-15H2,1H3. The topological polar surface area (TPSA) is 83.7 Å². The van der Waals surface area contributed by atoms with Crippen molar-refractivity contribution in [2.75, 3.05) is 44.3 Å². The van der Waals surface area contributed by atoms with E-state index >= 15 is 0 Å². The zero-order valence-electron chi connectivity index (χ0n) is 20.6. The van der Waals surface area contributed by atoms with E-state index < -0.39 is 23.9 Å². The van der Waals surface area contributed by atoms with E-state index in [1.54, 1.807) is 13.0 Å². The summed E-state index contributed by atoms with van der Waals surface area (Å²) in [6.45, 7) is 4.82. The van der Waals surface area contributed by atoms with E-state index in [1.165, 1.54) is 18.5 Å². The van der Waals surface area contributed by atoms with Crippen LogP contribution in [0, 0.1) is 5.92 Å². The number of hydrogen-bond donors (Lipinski definition) is 1. The molecule has 8 nitrogen and oxygen atoms in total. The van der Waals surface area contributed by atoms with Crippen molar-refractivity contribution in [3.63, 3.8) is 0 Å². The molecule has 3 atom stereocenters. The number of carbonyl (C=O) groups is 1. The van der Waals surface area contributed by atoms with E-state index in [9.17, 15) is 23.1 Å². The van der Waals surface area contributed by atoms with E-state index in [1.807, 2.05) is 26.6 Å². The van der Waals surface area contributed by atoms with E-state index in [-0.39, 0.29) is 18.3 Å². The molecule has 0 amide bonds. The number of anilines is 1. The molecule has 3 aromatic rings. The first-order valence-electron chi connectivity index (χ1n) is 12.4. The number of benzene rings is 1. The van der Waals surface area contributed by atoms with Crippen molar-refractivity contribution >= 4 is 22.6 Å². The summed E-state index contributed by atoms with van der Waals surface area (Å²) in [5, 5.41) is 11.5. The van der Waals surface area contributed by atoms with Gasteiger partial charge in [-0.05, 0) is 43.7 Å². The van der Waals surface area contributed by atoms with E-state index in [4.69, 9.17) is 4.74 Å². The van der Waals surface area contributed by atoms with Gasteiger partial charge in [0, 0.05) is 31.7 Å². The van der Waals surface area contributed by atoms with Crippen LogP contribution in [0.5, 0.6) is 0 Å². The van der Waals surface area contributed by atoms with Crippen LogP contribution in [0.1, 0.15) is 30.5 Å². The van der Waals surface area contributed by atoms with E-state index in [0.717, 1.165) is 24.4 Å². The summed E-state index contributed by atoms with van der Waals surface area (Å²) in [4.78, 5) is 24.4. The average Bonchev–Trinajstić information content (AvgIpc) is 3.28. The van der Waals surface area contributed by atoms with Crippen molar-refractivity contribution < 1.29 is 27.8 Å². The first-order valence-corrected chi connectivity index (χ1v) is 12.4. The van der Waals surface area contributed by atoms with Crippen molar-refractivity contribution in [3.05, 3.63) is 54.0 Å². The van der Waals surface area contributed by atoms with Crippen LogP contribution in [0.15, 0.2) is 42.9 Å². The van der Waals surface area contributed by atoms with Crippen LogP contribution in [0.3, 0.4) is 0 Å². The summed E-state index contributed by atoms with van der Waals surface area (Å²) in [6, 6.07) is 6.84. The second-order valence-corrected chi connectivity index (χ2v) is 9.86.